The number of fused-ring (bicyclic) bond motifs is 3. The van der Waals surface area contributed by atoms with Crippen LogP contribution in [0.2, 0.25) is 0 Å². The third-order valence-electron chi connectivity index (χ3n) is 5.15. The molecule has 0 fully saturated rings. The van der Waals surface area contributed by atoms with Gasteiger partial charge in [-0.2, -0.15) is 0 Å². The molecule has 0 amide bonds. The summed E-state index contributed by atoms with van der Waals surface area (Å²) in [5.41, 5.74) is 3.47. The number of ketones is 1. The molecule has 0 saturated heterocycles. The lowest BCUT2D eigenvalue weighted by Crippen LogP contribution is -2.26. The van der Waals surface area contributed by atoms with E-state index < -0.39 is 0 Å². The Bertz CT molecular complexity index is 1250. The predicted molar refractivity (Wildman–Crippen MR) is 108 cm³/mol. The van der Waals surface area contributed by atoms with E-state index in [2.05, 4.69) is 4.98 Å². The molecule has 28 heavy (non-hydrogen) atoms. The van der Waals surface area contributed by atoms with Gasteiger partial charge in [-0.05, 0) is 49.7 Å². The molecule has 4 aromatic rings. The predicted octanol–water partition coefficient (Wildman–Crippen LogP) is 3.41. The summed E-state index contributed by atoms with van der Waals surface area (Å²) in [5.74, 6) is 1.14. The van der Waals surface area contributed by atoms with E-state index in [9.17, 15) is 9.59 Å². The summed E-state index contributed by atoms with van der Waals surface area (Å²) < 4.78 is 8.61. The molecule has 0 N–H and O–H groups in total. The summed E-state index contributed by atoms with van der Waals surface area (Å²) >= 11 is 0. The van der Waals surface area contributed by atoms with Crippen LogP contribution in [0.4, 0.5) is 0 Å². The molecule has 6 nitrogen and oxygen atoms in total. The van der Waals surface area contributed by atoms with Crippen LogP contribution in [0.3, 0.4) is 0 Å². The Morgan fingerprint density at radius 2 is 1.82 bits per heavy atom. The van der Waals surface area contributed by atoms with Crippen molar-refractivity contribution in [2.45, 2.75) is 26.8 Å². The fraction of sp³-hybridized carbons (Fsp3) is 0.227. The molecule has 0 radical (unpaired) electrons. The average Bonchev–Trinajstić information content (AvgIpc) is 3.11. The van der Waals surface area contributed by atoms with Crippen molar-refractivity contribution >= 4 is 22.6 Å². The largest absolute Gasteiger partial charge is 0.497 e. The zero-order valence-corrected chi connectivity index (χ0v) is 16.1. The molecule has 4 rings (SSSR count). The summed E-state index contributed by atoms with van der Waals surface area (Å²) in [6, 6.07) is 14.6. The Kier molecular flexibility index (Phi) is 4.47. The summed E-state index contributed by atoms with van der Waals surface area (Å²) in [5, 5.41) is 0. The van der Waals surface area contributed by atoms with Crippen LogP contribution in [0.1, 0.15) is 28.5 Å². The number of para-hydroxylation sites is 2. The number of nitrogens with zero attached hydrogens (tertiary/aromatic N) is 3. The van der Waals surface area contributed by atoms with Crippen molar-refractivity contribution < 1.29 is 9.53 Å². The van der Waals surface area contributed by atoms with Gasteiger partial charge in [0, 0.05) is 16.8 Å². The van der Waals surface area contributed by atoms with Crippen LogP contribution in [-0.2, 0) is 13.0 Å². The smallest absolute Gasteiger partial charge is 0.262 e. The first kappa shape index (κ1) is 18.0. The zero-order valence-electron chi connectivity index (χ0n) is 16.1. The first-order valence-electron chi connectivity index (χ1n) is 9.22. The molecule has 142 valence electrons. The zero-order chi connectivity index (χ0) is 19.8. The van der Waals surface area contributed by atoms with Crippen molar-refractivity contribution in [3.05, 3.63) is 75.7 Å². The number of carbonyl (C=O) groups excluding carboxylic acids is 1. The number of hydrogen-bond acceptors (Lipinski definition) is 4. The van der Waals surface area contributed by atoms with Crippen LogP contribution in [0, 0.1) is 6.92 Å². The van der Waals surface area contributed by atoms with Crippen molar-refractivity contribution in [3.63, 3.8) is 0 Å². The number of imidazole rings is 1. The van der Waals surface area contributed by atoms with E-state index in [1.54, 1.807) is 35.8 Å². The molecule has 0 aliphatic rings. The Balaban J connectivity index is 1.90. The van der Waals surface area contributed by atoms with Crippen LogP contribution < -0.4 is 10.3 Å². The third-order valence-corrected chi connectivity index (χ3v) is 5.15. The monoisotopic (exact) mass is 375 g/mol. The first-order valence-corrected chi connectivity index (χ1v) is 9.22. The van der Waals surface area contributed by atoms with Gasteiger partial charge in [-0.1, -0.05) is 19.1 Å². The average molecular weight is 375 g/mol. The number of aromatic nitrogens is 3. The van der Waals surface area contributed by atoms with E-state index in [0.29, 0.717) is 29.1 Å². The molecule has 0 aliphatic heterocycles. The van der Waals surface area contributed by atoms with E-state index in [-0.39, 0.29) is 17.9 Å². The molecule has 2 aromatic carbocycles. The van der Waals surface area contributed by atoms with E-state index in [1.807, 2.05) is 42.7 Å². The van der Waals surface area contributed by atoms with Crippen LogP contribution >= 0.6 is 0 Å². The third kappa shape index (κ3) is 2.78. The molecule has 2 heterocycles. The molecule has 6 heteroatoms. The lowest BCUT2D eigenvalue weighted by Gasteiger charge is -2.15. The van der Waals surface area contributed by atoms with Crippen molar-refractivity contribution in [1.82, 2.24) is 14.0 Å². The maximum absolute atomic E-state index is 13.0. The van der Waals surface area contributed by atoms with Gasteiger partial charge in [0.15, 0.2) is 5.78 Å². The normalized spacial score (nSPS) is 11.2. The highest BCUT2D eigenvalue weighted by atomic mass is 16.5. The van der Waals surface area contributed by atoms with Gasteiger partial charge in [0.2, 0.25) is 5.78 Å². The van der Waals surface area contributed by atoms with Crippen LogP contribution in [-0.4, -0.2) is 26.8 Å². The maximum atomic E-state index is 13.0. The van der Waals surface area contributed by atoms with Gasteiger partial charge in [0.1, 0.15) is 5.75 Å². The van der Waals surface area contributed by atoms with Crippen LogP contribution in [0.15, 0.2) is 53.3 Å². The number of ether oxygens (including phenoxy) is 1. The van der Waals surface area contributed by atoms with Gasteiger partial charge < -0.3 is 9.30 Å². The minimum absolute atomic E-state index is 0.0505. The van der Waals surface area contributed by atoms with Crippen molar-refractivity contribution in [3.8, 4) is 5.75 Å². The summed E-state index contributed by atoms with van der Waals surface area (Å²) in [7, 11) is 1.59. The molecule has 2 aromatic heterocycles. The first-order chi connectivity index (χ1) is 13.5. The van der Waals surface area contributed by atoms with E-state index in [1.165, 1.54) is 0 Å². The number of hydrogen-bond donors (Lipinski definition) is 0. The van der Waals surface area contributed by atoms with Crippen molar-refractivity contribution in [2.24, 2.45) is 0 Å². The highest BCUT2D eigenvalue weighted by molar-refractivity contribution is 5.96. The Morgan fingerprint density at radius 3 is 2.50 bits per heavy atom. The highest BCUT2D eigenvalue weighted by Gasteiger charge is 2.19. The SMILES string of the molecule is CCc1c(C)n(CC(=O)c2ccc(OC)cc2)c2nc3ccccc3n2c1=O. The van der Waals surface area contributed by atoms with Gasteiger partial charge in [-0.15, -0.1) is 0 Å². The molecule has 0 unspecified atom stereocenters. The number of methoxy groups -OCH3 is 1. The second-order valence-electron chi connectivity index (χ2n) is 6.70. The van der Waals surface area contributed by atoms with Gasteiger partial charge in [0.25, 0.3) is 5.56 Å². The molecular weight excluding hydrogens is 354 g/mol. The molecule has 0 spiro atoms. The van der Waals surface area contributed by atoms with Crippen LogP contribution in [0.25, 0.3) is 16.8 Å². The minimum atomic E-state index is -0.0724. The van der Waals surface area contributed by atoms with Gasteiger partial charge >= 0.3 is 0 Å². The number of Topliss-reactive ketones (excluding diaryl/α,β-unsaturated/α-hetero) is 1. The van der Waals surface area contributed by atoms with E-state index in [4.69, 9.17) is 4.74 Å². The fourth-order valence-corrected chi connectivity index (χ4v) is 3.61. The maximum Gasteiger partial charge on any atom is 0.262 e. The molecular formula is C22H21N3O3. The Labute approximate surface area is 162 Å². The Morgan fingerprint density at radius 1 is 1.11 bits per heavy atom. The number of rotatable bonds is 5. The van der Waals surface area contributed by atoms with E-state index in [0.717, 1.165) is 16.7 Å². The standard InChI is InChI=1S/C22H21N3O3/c1-4-17-14(2)24(13-20(26)15-9-11-16(28-3)12-10-15)22-23-18-7-5-6-8-19(18)25(22)21(17)27/h5-12H,4,13H2,1-3H3. The number of carbonyl (C=O) groups is 1. The quantitative estimate of drug-likeness (QED) is 0.502. The summed E-state index contributed by atoms with van der Waals surface area (Å²) in [6.45, 7) is 3.93. The fourth-order valence-electron chi connectivity index (χ4n) is 3.61. The summed E-state index contributed by atoms with van der Waals surface area (Å²) in [4.78, 5) is 30.6. The van der Waals surface area contributed by atoms with Crippen molar-refractivity contribution in [1.29, 1.82) is 0 Å². The van der Waals surface area contributed by atoms with Gasteiger partial charge in [0.05, 0.1) is 24.7 Å². The second kappa shape index (κ2) is 6.96. The second-order valence-corrected chi connectivity index (χ2v) is 6.70. The number of benzene rings is 2. The highest BCUT2D eigenvalue weighted by Crippen LogP contribution is 2.19. The molecule has 0 atom stereocenters. The molecule has 0 bridgehead atoms. The van der Waals surface area contributed by atoms with Crippen LogP contribution in [0.5, 0.6) is 5.75 Å². The topological polar surface area (TPSA) is 65.6 Å². The molecule has 0 saturated carbocycles. The minimum Gasteiger partial charge on any atom is -0.497 e. The van der Waals surface area contributed by atoms with Crippen molar-refractivity contribution in [2.75, 3.05) is 7.11 Å². The lowest BCUT2D eigenvalue weighted by atomic mass is 10.1. The van der Waals surface area contributed by atoms with Gasteiger partial charge in [-0.25, -0.2) is 9.38 Å². The van der Waals surface area contributed by atoms with Gasteiger partial charge in [-0.3, -0.25) is 9.59 Å². The summed E-state index contributed by atoms with van der Waals surface area (Å²) in [6.07, 6.45) is 0.587. The molecule has 0 aliphatic carbocycles. The lowest BCUT2D eigenvalue weighted by molar-refractivity contribution is 0.0972. The van der Waals surface area contributed by atoms with E-state index >= 15 is 0 Å². The Hall–Kier alpha value is -3.41.